The second-order valence-corrected chi connectivity index (χ2v) is 12.7. The van der Waals surface area contributed by atoms with E-state index in [4.69, 9.17) is 4.74 Å². The summed E-state index contributed by atoms with van der Waals surface area (Å²) in [4.78, 5) is 47.9. The number of rotatable bonds is 11. The van der Waals surface area contributed by atoms with Gasteiger partial charge in [-0.25, -0.2) is 9.80 Å². The van der Waals surface area contributed by atoms with Crippen molar-refractivity contribution in [1.29, 1.82) is 0 Å². The van der Waals surface area contributed by atoms with Crippen LogP contribution in [0.1, 0.15) is 51.3 Å². The number of fused-ring (bicyclic) bond motifs is 1. The molecule has 0 saturated carbocycles. The van der Waals surface area contributed by atoms with E-state index >= 15 is 0 Å². The average molecular weight is 615 g/mol. The van der Waals surface area contributed by atoms with Gasteiger partial charge in [0.15, 0.2) is 0 Å². The Labute approximate surface area is 266 Å². The van der Waals surface area contributed by atoms with Gasteiger partial charge in [-0.2, -0.15) is 0 Å². The molecule has 1 N–H and O–H groups in total. The highest BCUT2D eigenvalue weighted by molar-refractivity contribution is 5.87. The smallest absolute Gasteiger partial charge is 0.410 e. The van der Waals surface area contributed by atoms with Gasteiger partial charge in [-0.1, -0.05) is 42.5 Å². The number of hydrogen-bond donors (Lipinski definition) is 1. The number of aryl methyl sites for hydroxylation is 1. The monoisotopic (exact) mass is 614 g/mol. The van der Waals surface area contributed by atoms with Crippen molar-refractivity contribution in [1.82, 2.24) is 24.8 Å². The van der Waals surface area contributed by atoms with E-state index in [0.717, 1.165) is 22.5 Å². The zero-order chi connectivity index (χ0) is 32.7. The first-order valence-corrected chi connectivity index (χ1v) is 15.4. The Morgan fingerprint density at radius 1 is 0.956 bits per heavy atom. The number of carbonyl (C=O) groups is 3. The fraction of sp³-hybridized carbons (Fsp3) is 0.429. The zero-order valence-electron chi connectivity index (χ0n) is 27.5. The number of nitrogens with zero attached hydrogens (tertiary/aromatic N) is 5. The first-order valence-electron chi connectivity index (χ1n) is 15.4. The number of hydrazine groups is 1. The van der Waals surface area contributed by atoms with Crippen molar-refractivity contribution in [2.75, 3.05) is 38.5 Å². The minimum absolute atomic E-state index is 0.0211. The summed E-state index contributed by atoms with van der Waals surface area (Å²) < 4.78 is 5.62. The van der Waals surface area contributed by atoms with Crippen LogP contribution in [0, 0.1) is 6.92 Å². The van der Waals surface area contributed by atoms with Crippen molar-refractivity contribution < 1.29 is 19.1 Å². The summed E-state index contributed by atoms with van der Waals surface area (Å²) in [5.74, 6) is -0.463. The number of ether oxygens (including phenoxy) is 1. The van der Waals surface area contributed by atoms with E-state index in [1.807, 2.05) is 95.1 Å². The van der Waals surface area contributed by atoms with Crippen molar-refractivity contribution in [3.63, 3.8) is 0 Å². The number of likely N-dealkylation sites (N-methyl/N-ethyl adjacent to an activating group) is 1. The molecular formula is C35H46N6O4. The summed E-state index contributed by atoms with van der Waals surface area (Å²) in [6.07, 6.45) is 1.29. The fourth-order valence-electron chi connectivity index (χ4n) is 5.14. The molecule has 2 aromatic carbocycles. The third kappa shape index (κ3) is 9.04. The van der Waals surface area contributed by atoms with Crippen LogP contribution in [0.25, 0.3) is 11.3 Å². The SMILES string of the molecule is Cc1ccc(-c2ccccn2)cc1NCC(=O)N(CCN(C(=O)OC(C)(C)C)C(C)C)CC(=O)N(C)N1Cc2ccccc2C1. The van der Waals surface area contributed by atoms with Gasteiger partial charge < -0.3 is 19.9 Å². The first kappa shape index (κ1) is 33.5. The highest BCUT2D eigenvalue weighted by atomic mass is 16.6. The van der Waals surface area contributed by atoms with Crippen LogP contribution in [-0.4, -0.2) is 87.6 Å². The van der Waals surface area contributed by atoms with E-state index in [1.54, 1.807) is 23.2 Å². The minimum Gasteiger partial charge on any atom is -0.444 e. The topological polar surface area (TPSA) is 98.3 Å². The number of amides is 3. The van der Waals surface area contributed by atoms with Gasteiger partial charge in [-0.05, 0) is 76.4 Å². The van der Waals surface area contributed by atoms with Gasteiger partial charge in [-0.3, -0.25) is 19.6 Å². The molecule has 0 bridgehead atoms. The highest BCUT2D eigenvalue weighted by Crippen LogP contribution is 2.25. The number of carbonyl (C=O) groups excluding carboxylic acids is 3. The van der Waals surface area contributed by atoms with E-state index in [0.29, 0.717) is 13.1 Å². The van der Waals surface area contributed by atoms with Gasteiger partial charge in [0.25, 0.3) is 5.91 Å². The predicted octanol–water partition coefficient (Wildman–Crippen LogP) is 5.33. The maximum atomic E-state index is 13.8. The lowest BCUT2D eigenvalue weighted by Crippen LogP contribution is -2.51. The van der Waals surface area contributed by atoms with Crippen LogP contribution in [0.15, 0.2) is 66.9 Å². The highest BCUT2D eigenvalue weighted by Gasteiger charge is 2.29. The van der Waals surface area contributed by atoms with E-state index in [2.05, 4.69) is 22.4 Å². The van der Waals surface area contributed by atoms with Crippen molar-refractivity contribution in [2.45, 2.75) is 66.3 Å². The van der Waals surface area contributed by atoms with Crippen LogP contribution < -0.4 is 5.32 Å². The predicted molar refractivity (Wildman–Crippen MR) is 176 cm³/mol. The third-order valence-electron chi connectivity index (χ3n) is 7.78. The van der Waals surface area contributed by atoms with Crippen molar-refractivity contribution >= 4 is 23.6 Å². The van der Waals surface area contributed by atoms with E-state index in [1.165, 1.54) is 16.0 Å². The van der Waals surface area contributed by atoms with Crippen LogP contribution in [0.2, 0.25) is 0 Å². The number of hydrogen-bond acceptors (Lipinski definition) is 7. The summed E-state index contributed by atoms with van der Waals surface area (Å²) in [7, 11) is 1.74. The zero-order valence-corrected chi connectivity index (χ0v) is 27.5. The molecular weight excluding hydrogens is 568 g/mol. The molecule has 0 spiro atoms. The molecule has 2 heterocycles. The van der Waals surface area contributed by atoms with Gasteiger partial charge >= 0.3 is 6.09 Å². The molecule has 1 aromatic heterocycles. The Kier molecular flexibility index (Phi) is 10.8. The number of nitrogens with one attached hydrogen (secondary N) is 1. The largest absolute Gasteiger partial charge is 0.444 e. The number of aromatic nitrogens is 1. The molecule has 0 radical (unpaired) electrons. The van der Waals surface area contributed by atoms with Crippen LogP contribution >= 0.6 is 0 Å². The molecule has 0 fully saturated rings. The third-order valence-corrected chi connectivity index (χ3v) is 7.78. The molecule has 240 valence electrons. The summed E-state index contributed by atoms with van der Waals surface area (Å²) in [5, 5.41) is 6.85. The molecule has 1 aliphatic rings. The quantitative estimate of drug-likeness (QED) is 0.312. The van der Waals surface area contributed by atoms with Crippen molar-refractivity contribution in [3.05, 3.63) is 83.6 Å². The minimum atomic E-state index is -0.655. The number of pyridine rings is 1. The maximum absolute atomic E-state index is 13.8. The number of anilines is 1. The van der Waals surface area contributed by atoms with Gasteiger partial charge in [0.2, 0.25) is 5.91 Å². The molecule has 10 nitrogen and oxygen atoms in total. The van der Waals surface area contributed by atoms with Gasteiger partial charge in [0.05, 0.1) is 12.2 Å². The summed E-state index contributed by atoms with van der Waals surface area (Å²) >= 11 is 0. The Morgan fingerprint density at radius 3 is 2.22 bits per heavy atom. The summed E-state index contributed by atoms with van der Waals surface area (Å²) in [5.41, 5.74) is 5.27. The molecule has 10 heteroatoms. The molecule has 0 unspecified atom stereocenters. The molecule has 4 rings (SSSR count). The van der Waals surface area contributed by atoms with Crippen LogP contribution in [0.5, 0.6) is 0 Å². The second kappa shape index (κ2) is 14.6. The molecule has 3 amide bonds. The summed E-state index contributed by atoms with van der Waals surface area (Å²) in [6.45, 7) is 12.7. The Bertz CT molecular complexity index is 1460. The van der Waals surface area contributed by atoms with Gasteiger partial charge in [0.1, 0.15) is 12.1 Å². The molecule has 1 aliphatic heterocycles. The summed E-state index contributed by atoms with van der Waals surface area (Å²) in [6, 6.07) is 19.7. The van der Waals surface area contributed by atoms with Crippen LogP contribution in [0.3, 0.4) is 0 Å². The van der Waals surface area contributed by atoms with Crippen LogP contribution in [-0.2, 0) is 27.4 Å². The first-order chi connectivity index (χ1) is 21.3. The van der Waals surface area contributed by atoms with E-state index < -0.39 is 11.7 Å². The van der Waals surface area contributed by atoms with Gasteiger partial charge in [-0.15, -0.1) is 0 Å². The lowest BCUT2D eigenvalue weighted by molar-refractivity contribution is -0.151. The lowest BCUT2D eigenvalue weighted by atomic mass is 10.1. The Hall–Kier alpha value is -4.44. The Balaban J connectivity index is 1.48. The normalized spacial score (nSPS) is 12.9. The molecule has 3 aromatic rings. The van der Waals surface area contributed by atoms with Crippen LogP contribution in [0.4, 0.5) is 10.5 Å². The van der Waals surface area contributed by atoms with E-state index in [9.17, 15) is 14.4 Å². The Morgan fingerprint density at radius 2 is 1.62 bits per heavy atom. The van der Waals surface area contributed by atoms with Gasteiger partial charge in [0, 0.05) is 56.7 Å². The fourth-order valence-corrected chi connectivity index (χ4v) is 5.14. The molecule has 0 saturated heterocycles. The average Bonchev–Trinajstić information content (AvgIpc) is 3.43. The maximum Gasteiger partial charge on any atom is 0.410 e. The van der Waals surface area contributed by atoms with Crippen molar-refractivity contribution in [3.8, 4) is 11.3 Å². The molecule has 45 heavy (non-hydrogen) atoms. The standard InChI is InChI=1S/C35H46N6O4/c1-25(2)41(34(44)45-35(4,5)6)19-18-39(24-33(43)38(7)40-22-28-12-8-9-13-29(28)23-40)32(42)21-37-31-20-27(16-15-26(31)3)30-14-10-11-17-36-30/h8-17,20,25,37H,18-19,21-24H2,1-7H3. The van der Waals surface area contributed by atoms with E-state index in [-0.39, 0.29) is 44.0 Å². The molecule has 0 atom stereocenters. The molecule has 0 aliphatic carbocycles. The lowest BCUT2D eigenvalue weighted by Gasteiger charge is -2.33. The van der Waals surface area contributed by atoms with Crippen molar-refractivity contribution in [2.24, 2.45) is 0 Å². The number of benzene rings is 2. The second-order valence-electron chi connectivity index (χ2n) is 12.7.